The molecular weight excluding hydrogens is 357 g/mol. The Morgan fingerprint density at radius 2 is 2.12 bits per heavy atom. The van der Waals surface area contributed by atoms with Crippen molar-refractivity contribution in [1.82, 2.24) is 14.7 Å². The predicted molar refractivity (Wildman–Crippen MR) is 94.5 cm³/mol. The molecule has 1 aliphatic carbocycles. The number of aryl methyl sites for hydroxylation is 1. The van der Waals surface area contributed by atoms with Crippen LogP contribution in [0.4, 0.5) is 4.39 Å². The van der Waals surface area contributed by atoms with Crippen molar-refractivity contribution in [1.29, 1.82) is 0 Å². The van der Waals surface area contributed by atoms with E-state index in [4.69, 9.17) is 0 Å². The first-order valence-corrected chi connectivity index (χ1v) is 10.4. The standard InChI is InChI=1S/C18H20FN3O3S/c1-12-15(11-22(20-12)14-5-2-4-13(19)10-14)18(23)21-8-9-26(24,25)17-7-3-6-16(17)21/h2,4-5,10-11,16-17H,3,6-9H2,1H3/t16-,17+/m1/s1. The lowest BCUT2D eigenvalue weighted by Gasteiger charge is -2.37. The molecule has 1 aromatic carbocycles. The maximum absolute atomic E-state index is 13.5. The second-order valence-corrected chi connectivity index (χ2v) is 9.29. The summed E-state index contributed by atoms with van der Waals surface area (Å²) >= 11 is 0. The first-order chi connectivity index (χ1) is 12.4. The molecule has 0 unspecified atom stereocenters. The number of halogens is 1. The summed E-state index contributed by atoms with van der Waals surface area (Å²) in [4.78, 5) is 14.8. The van der Waals surface area contributed by atoms with E-state index >= 15 is 0 Å². The maximum atomic E-state index is 13.5. The Morgan fingerprint density at radius 1 is 1.31 bits per heavy atom. The van der Waals surface area contributed by atoms with Crippen molar-refractivity contribution in [3.63, 3.8) is 0 Å². The lowest BCUT2D eigenvalue weighted by Crippen LogP contribution is -2.54. The Morgan fingerprint density at radius 3 is 2.88 bits per heavy atom. The molecular formula is C18H20FN3O3S. The third-order valence-electron chi connectivity index (χ3n) is 5.36. The monoisotopic (exact) mass is 377 g/mol. The SMILES string of the molecule is Cc1nn(-c2cccc(F)c2)cc1C(=O)N1CCS(=O)(=O)[C@H]2CCC[C@H]21. The number of amides is 1. The molecule has 8 heteroatoms. The molecule has 2 aliphatic rings. The van der Waals surface area contributed by atoms with Gasteiger partial charge in [-0.15, -0.1) is 0 Å². The minimum absolute atomic E-state index is 0.0109. The number of rotatable bonds is 2. The topological polar surface area (TPSA) is 72.3 Å². The fourth-order valence-corrected chi connectivity index (χ4v) is 6.09. The van der Waals surface area contributed by atoms with Crippen LogP contribution in [-0.2, 0) is 9.84 Å². The first-order valence-electron chi connectivity index (χ1n) is 8.71. The van der Waals surface area contributed by atoms with Crippen LogP contribution in [0.15, 0.2) is 30.5 Å². The van der Waals surface area contributed by atoms with E-state index in [0.29, 0.717) is 29.8 Å². The molecule has 6 nitrogen and oxygen atoms in total. The summed E-state index contributed by atoms with van der Waals surface area (Å²) in [7, 11) is -3.12. The first kappa shape index (κ1) is 17.2. The molecule has 2 fully saturated rings. The van der Waals surface area contributed by atoms with Gasteiger partial charge in [0.1, 0.15) is 5.82 Å². The van der Waals surface area contributed by atoms with Gasteiger partial charge in [0, 0.05) is 18.8 Å². The van der Waals surface area contributed by atoms with Crippen LogP contribution in [0.25, 0.3) is 5.69 Å². The molecule has 0 N–H and O–H groups in total. The molecule has 0 bridgehead atoms. The van der Waals surface area contributed by atoms with Gasteiger partial charge in [-0.3, -0.25) is 4.79 Å². The molecule has 4 rings (SSSR count). The molecule has 2 aromatic rings. The van der Waals surface area contributed by atoms with E-state index in [1.54, 1.807) is 30.2 Å². The van der Waals surface area contributed by atoms with Crippen LogP contribution in [0.3, 0.4) is 0 Å². The van der Waals surface area contributed by atoms with Crippen LogP contribution in [-0.4, -0.2) is 52.6 Å². The third kappa shape index (κ3) is 2.82. The molecule has 0 radical (unpaired) electrons. The van der Waals surface area contributed by atoms with E-state index in [-0.39, 0.29) is 30.1 Å². The normalized spacial score (nSPS) is 24.5. The molecule has 1 aliphatic heterocycles. The lowest BCUT2D eigenvalue weighted by molar-refractivity contribution is 0.0686. The average Bonchev–Trinajstić information content (AvgIpc) is 3.22. The Hall–Kier alpha value is -2.22. The van der Waals surface area contributed by atoms with Crippen LogP contribution < -0.4 is 0 Å². The van der Waals surface area contributed by atoms with E-state index < -0.39 is 15.1 Å². The highest BCUT2D eigenvalue weighted by atomic mass is 32.2. The smallest absolute Gasteiger partial charge is 0.257 e. The number of fused-ring (bicyclic) bond motifs is 1. The van der Waals surface area contributed by atoms with E-state index in [2.05, 4.69) is 5.10 Å². The lowest BCUT2D eigenvalue weighted by atomic mass is 10.1. The van der Waals surface area contributed by atoms with E-state index in [1.807, 2.05) is 0 Å². The largest absolute Gasteiger partial charge is 0.333 e. The number of carbonyl (C=O) groups is 1. The zero-order valence-corrected chi connectivity index (χ0v) is 15.2. The number of carbonyl (C=O) groups excluding carboxylic acids is 1. The summed E-state index contributed by atoms with van der Waals surface area (Å²) in [5, 5.41) is 3.89. The predicted octanol–water partition coefficient (Wildman–Crippen LogP) is 2.11. The summed E-state index contributed by atoms with van der Waals surface area (Å²) in [6, 6.07) is 5.74. The molecule has 1 aromatic heterocycles. The number of sulfone groups is 1. The summed E-state index contributed by atoms with van der Waals surface area (Å²) in [6.45, 7) is 1.95. The van der Waals surface area contributed by atoms with Crippen molar-refractivity contribution in [3.05, 3.63) is 47.5 Å². The molecule has 2 atom stereocenters. The van der Waals surface area contributed by atoms with E-state index in [1.165, 1.54) is 16.8 Å². The van der Waals surface area contributed by atoms with Crippen LogP contribution >= 0.6 is 0 Å². The fourth-order valence-electron chi connectivity index (χ4n) is 4.05. The minimum Gasteiger partial charge on any atom is -0.333 e. The van der Waals surface area contributed by atoms with Crippen LogP contribution in [0.2, 0.25) is 0 Å². The van der Waals surface area contributed by atoms with Crippen LogP contribution in [0.1, 0.15) is 35.3 Å². The van der Waals surface area contributed by atoms with Gasteiger partial charge >= 0.3 is 0 Å². The van der Waals surface area contributed by atoms with Gasteiger partial charge in [0.25, 0.3) is 5.91 Å². The van der Waals surface area contributed by atoms with Gasteiger partial charge < -0.3 is 4.90 Å². The zero-order valence-electron chi connectivity index (χ0n) is 14.4. The molecule has 138 valence electrons. The second-order valence-electron chi connectivity index (χ2n) is 6.95. The quantitative estimate of drug-likeness (QED) is 0.804. The summed E-state index contributed by atoms with van der Waals surface area (Å²) in [5.41, 5.74) is 1.51. The van der Waals surface area contributed by atoms with Crippen molar-refractivity contribution in [2.24, 2.45) is 0 Å². The number of hydrogen-bond donors (Lipinski definition) is 0. The van der Waals surface area contributed by atoms with E-state index in [9.17, 15) is 17.6 Å². The van der Waals surface area contributed by atoms with Gasteiger partial charge in [-0.1, -0.05) is 6.07 Å². The third-order valence-corrected chi connectivity index (χ3v) is 7.58. The number of aromatic nitrogens is 2. The Labute approximate surface area is 151 Å². The van der Waals surface area contributed by atoms with Gasteiger partial charge in [-0.2, -0.15) is 5.10 Å². The van der Waals surface area contributed by atoms with Gasteiger partial charge in [0.15, 0.2) is 9.84 Å². The maximum Gasteiger partial charge on any atom is 0.257 e. The van der Waals surface area contributed by atoms with Gasteiger partial charge in [0.05, 0.1) is 27.9 Å². The molecule has 26 heavy (non-hydrogen) atoms. The minimum atomic E-state index is -3.12. The second kappa shape index (κ2) is 6.19. The van der Waals surface area contributed by atoms with Gasteiger partial charge in [-0.05, 0) is 44.4 Å². The Balaban J connectivity index is 1.65. The number of nitrogens with zero attached hydrogens (tertiary/aromatic N) is 3. The zero-order chi connectivity index (χ0) is 18.5. The van der Waals surface area contributed by atoms with Crippen molar-refractivity contribution < 1.29 is 17.6 Å². The molecule has 1 saturated carbocycles. The van der Waals surface area contributed by atoms with Gasteiger partial charge in [0.2, 0.25) is 0 Å². The van der Waals surface area contributed by atoms with E-state index in [0.717, 1.165) is 6.42 Å². The van der Waals surface area contributed by atoms with Crippen LogP contribution in [0, 0.1) is 12.7 Å². The summed E-state index contributed by atoms with van der Waals surface area (Å²) in [6.07, 6.45) is 3.75. The molecule has 0 spiro atoms. The summed E-state index contributed by atoms with van der Waals surface area (Å²) in [5.74, 6) is -0.563. The molecule has 2 heterocycles. The highest BCUT2D eigenvalue weighted by molar-refractivity contribution is 7.92. The molecule has 1 saturated heterocycles. The van der Waals surface area contributed by atoms with Crippen molar-refractivity contribution in [2.45, 2.75) is 37.5 Å². The van der Waals surface area contributed by atoms with Crippen LogP contribution in [0.5, 0.6) is 0 Å². The molecule has 1 amide bonds. The highest BCUT2D eigenvalue weighted by Crippen LogP contribution is 2.34. The highest BCUT2D eigenvalue weighted by Gasteiger charge is 2.46. The van der Waals surface area contributed by atoms with Crippen molar-refractivity contribution in [3.8, 4) is 5.69 Å². The number of benzene rings is 1. The fraction of sp³-hybridized carbons (Fsp3) is 0.444. The van der Waals surface area contributed by atoms with Gasteiger partial charge in [-0.25, -0.2) is 17.5 Å². The summed E-state index contributed by atoms with van der Waals surface area (Å²) < 4.78 is 39.5. The van der Waals surface area contributed by atoms with Crippen molar-refractivity contribution >= 4 is 15.7 Å². The Bertz CT molecular complexity index is 970. The number of hydrogen-bond acceptors (Lipinski definition) is 4. The average molecular weight is 377 g/mol. The van der Waals surface area contributed by atoms with Crippen molar-refractivity contribution in [2.75, 3.05) is 12.3 Å². The Kier molecular flexibility index (Phi) is 4.10.